The Bertz CT molecular complexity index is 865. The zero-order valence-electron chi connectivity index (χ0n) is 14.2. The second-order valence-electron chi connectivity index (χ2n) is 5.45. The number of benzene rings is 1. The highest BCUT2D eigenvalue weighted by Gasteiger charge is 2.33. The summed E-state index contributed by atoms with van der Waals surface area (Å²) in [6, 6.07) is 5.42. The third kappa shape index (κ3) is 3.21. The molecule has 25 heavy (non-hydrogen) atoms. The maximum Gasteiger partial charge on any atom is 0.257 e. The van der Waals surface area contributed by atoms with Crippen molar-refractivity contribution in [3.63, 3.8) is 0 Å². The molecule has 0 bridgehead atoms. The Balaban J connectivity index is 2.18. The number of rotatable bonds is 5. The van der Waals surface area contributed by atoms with Gasteiger partial charge in [-0.2, -0.15) is 0 Å². The summed E-state index contributed by atoms with van der Waals surface area (Å²) in [7, 11) is 3.08. The zero-order chi connectivity index (χ0) is 18.0. The number of H-pyrrole nitrogens is 1. The van der Waals surface area contributed by atoms with Crippen molar-refractivity contribution >= 4 is 23.5 Å². The molecule has 1 aliphatic rings. The van der Waals surface area contributed by atoms with Gasteiger partial charge in [-0.25, -0.2) is 4.98 Å². The molecule has 1 atom stereocenters. The lowest BCUT2D eigenvalue weighted by molar-refractivity contribution is -0.116. The molecule has 8 heteroatoms. The number of anilines is 1. The number of hydrogen-bond donors (Lipinski definition) is 2. The van der Waals surface area contributed by atoms with E-state index in [0.29, 0.717) is 28.0 Å². The number of para-hydroxylation sites is 1. The van der Waals surface area contributed by atoms with Crippen LogP contribution in [0, 0.1) is 0 Å². The average molecular weight is 361 g/mol. The van der Waals surface area contributed by atoms with E-state index >= 15 is 0 Å². The van der Waals surface area contributed by atoms with E-state index in [1.54, 1.807) is 13.2 Å². The van der Waals surface area contributed by atoms with Gasteiger partial charge in [0.25, 0.3) is 5.56 Å². The molecule has 7 nitrogen and oxygen atoms in total. The SMILES string of the molecule is CCSc1nc2c(c(=O)[nH]1)[C@@H](c1cccc(OC)c1OC)CC(=O)N2. The third-order valence-corrected chi connectivity index (χ3v) is 4.77. The number of methoxy groups -OCH3 is 2. The number of carbonyl (C=O) groups is 1. The molecule has 2 heterocycles. The lowest BCUT2D eigenvalue weighted by Gasteiger charge is -2.26. The van der Waals surface area contributed by atoms with E-state index in [4.69, 9.17) is 9.47 Å². The summed E-state index contributed by atoms with van der Waals surface area (Å²) < 4.78 is 10.8. The van der Waals surface area contributed by atoms with Gasteiger partial charge in [-0.1, -0.05) is 30.8 Å². The third-order valence-electron chi connectivity index (χ3n) is 4.02. The highest BCUT2D eigenvalue weighted by Crippen LogP contribution is 2.42. The Morgan fingerprint density at radius 3 is 2.76 bits per heavy atom. The Kier molecular flexibility index (Phi) is 4.98. The molecule has 1 aliphatic heterocycles. The van der Waals surface area contributed by atoms with E-state index in [9.17, 15) is 9.59 Å². The molecule has 0 saturated heterocycles. The molecule has 1 aromatic carbocycles. The van der Waals surface area contributed by atoms with Crippen LogP contribution < -0.4 is 20.3 Å². The minimum Gasteiger partial charge on any atom is -0.493 e. The normalized spacial score (nSPS) is 16.1. The Morgan fingerprint density at radius 1 is 1.28 bits per heavy atom. The predicted octanol–water partition coefficient (Wildman–Crippen LogP) is 2.37. The second kappa shape index (κ2) is 7.18. The number of nitrogens with one attached hydrogen (secondary N) is 2. The van der Waals surface area contributed by atoms with Crippen molar-refractivity contribution in [2.75, 3.05) is 25.3 Å². The van der Waals surface area contributed by atoms with Crippen molar-refractivity contribution in [3.8, 4) is 11.5 Å². The van der Waals surface area contributed by atoms with Gasteiger partial charge in [0.2, 0.25) is 5.91 Å². The van der Waals surface area contributed by atoms with Crippen molar-refractivity contribution in [1.29, 1.82) is 0 Å². The lowest BCUT2D eigenvalue weighted by atomic mass is 9.86. The molecular formula is C17H19N3O4S. The molecule has 3 rings (SSSR count). The highest BCUT2D eigenvalue weighted by molar-refractivity contribution is 7.99. The van der Waals surface area contributed by atoms with Gasteiger partial charge in [0.15, 0.2) is 16.7 Å². The number of aromatic nitrogens is 2. The van der Waals surface area contributed by atoms with E-state index in [2.05, 4.69) is 15.3 Å². The standard InChI is InChI=1S/C17H19N3O4S/c1-4-25-17-19-15-13(16(22)20-17)10(8-12(21)18-15)9-6-5-7-11(23-2)14(9)24-3/h5-7,10H,4,8H2,1-3H3,(H2,18,19,20,21,22)/t10-/m1/s1. The minimum atomic E-state index is -0.453. The largest absolute Gasteiger partial charge is 0.493 e. The van der Waals surface area contributed by atoms with Gasteiger partial charge in [0.1, 0.15) is 5.82 Å². The van der Waals surface area contributed by atoms with Gasteiger partial charge in [0, 0.05) is 17.9 Å². The molecule has 0 aliphatic carbocycles. The summed E-state index contributed by atoms with van der Waals surface area (Å²) in [5.74, 6) is 1.50. The number of thioether (sulfide) groups is 1. The summed E-state index contributed by atoms with van der Waals surface area (Å²) in [6.07, 6.45) is 0.140. The van der Waals surface area contributed by atoms with Crippen LogP contribution in [0.4, 0.5) is 5.82 Å². The minimum absolute atomic E-state index is 0.140. The Hall–Kier alpha value is -2.48. The topological polar surface area (TPSA) is 93.3 Å². The summed E-state index contributed by atoms with van der Waals surface area (Å²) in [4.78, 5) is 32.1. The molecular weight excluding hydrogens is 342 g/mol. The smallest absolute Gasteiger partial charge is 0.257 e. The Labute approximate surface area is 149 Å². The van der Waals surface area contributed by atoms with E-state index in [1.807, 2.05) is 19.1 Å². The summed E-state index contributed by atoms with van der Waals surface area (Å²) in [5, 5.41) is 3.20. The molecule has 0 saturated carbocycles. The quantitative estimate of drug-likeness (QED) is 0.627. The van der Waals surface area contributed by atoms with Crippen molar-refractivity contribution in [1.82, 2.24) is 9.97 Å². The van der Waals surface area contributed by atoms with Crippen LogP contribution in [0.3, 0.4) is 0 Å². The predicted molar refractivity (Wildman–Crippen MR) is 95.9 cm³/mol. The molecule has 0 unspecified atom stereocenters. The van der Waals surface area contributed by atoms with Crippen LogP contribution in [0.5, 0.6) is 11.5 Å². The molecule has 0 fully saturated rings. The highest BCUT2D eigenvalue weighted by atomic mass is 32.2. The number of aromatic amines is 1. The molecule has 0 spiro atoms. The molecule has 1 aromatic heterocycles. The van der Waals surface area contributed by atoms with Crippen molar-refractivity contribution in [2.24, 2.45) is 0 Å². The first-order valence-corrected chi connectivity index (χ1v) is 8.85. The van der Waals surface area contributed by atoms with Gasteiger partial charge in [-0.3, -0.25) is 9.59 Å². The first-order valence-electron chi connectivity index (χ1n) is 7.86. The maximum absolute atomic E-state index is 12.7. The summed E-state index contributed by atoms with van der Waals surface area (Å²) in [5.41, 5.74) is 0.906. The van der Waals surface area contributed by atoms with Crippen LogP contribution in [0.25, 0.3) is 0 Å². The number of nitrogens with zero attached hydrogens (tertiary/aromatic N) is 1. The monoisotopic (exact) mass is 361 g/mol. The van der Waals surface area contributed by atoms with Crippen LogP contribution in [0.2, 0.25) is 0 Å². The van der Waals surface area contributed by atoms with E-state index in [0.717, 1.165) is 11.3 Å². The number of fused-ring (bicyclic) bond motifs is 1. The van der Waals surface area contributed by atoms with Crippen LogP contribution >= 0.6 is 11.8 Å². The molecule has 2 N–H and O–H groups in total. The second-order valence-corrected chi connectivity index (χ2v) is 6.71. The Morgan fingerprint density at radius 2 is 2.08 bits per heavy atom. The fraction of sp³-hybridized carbons (Fsp3) is 0.353. The molecule has 2 aromatic rings. The van der Waals surface area contributed by atoms with Crippen LogP contribution in [-0.4, -0.2) is 35.8 Å². The first kappa shape index (κ1) is 17.3. The van der Waals surface area contributed by atoms with Gasteiger partial charge in [-0.05, 0) is 11.8 Å². The maximum atomic E-state index is 12.7. The van der Waals surface area contributed by atoms with Crippen LogP contribution in [-0.2, 0) is 4.79 Å². The average Bonchev–Trinajstić information content (AvgIpc) is 2.60. The number of amides is 1. The number of ether oxygens (including phenoxy) is 2. The van der Waals surface area contributed by atoms with Gasteiger partial charge >= 0.3 is 0 Å². The van der Waals surface area contributed by atoms with Gasteiger partial charge in [0.05, 0.1) is 19.8 Å². The zero-order valence-corrected chi connectivity index (χ0v) is 15.0. The van der Waals surface area contributed by atoms with Crippen LogP contribution in [0.1, 0.15) is 30.4 Å². The fourth-order valence-corrected chi connectivity index (χ4v) is 3.60. The van der Waals surface area contributed by atoms with Crippen molar-refractivity contribution < 1.29 is 14.3 Å². The van der Waals surface area contributed by atoms with Crippen molar-refractivity contribution in [3.05, 3.63) is 39.7 Å². The van der Waals surface area contributed by atoms with E-state index in [1.165, 1.54) is 18.9 Å². The van der Waals surface area contributed by atoms with Gasteiger partial charge in [-0.15, -0.1) is 0 Å². The molecule has 0 radical (unpaired) electrons. The fourth-order valence-electron chi connectivity index (χ4n) is 3.01. The van der Waals surface area contributed by atoms with Crippen molar-refractivity contribution in [2.45, 2.75) is 24.4 Å². The lowest BCUT2D eigenvalue weighted by Crippen LogP contribution is -2.31. The van der Waals surface area contributed by atoms with Crippen LogP contribution in [0.15, 0.2) is 28.2 Å². The summed E-state index contributed by atoms with van der Waals surface area (Å²) >= 11 is 1.41. The summed E-state index contributed by atoms with van der Waals surface area (Å²) in [6.45, 7) is 1.96. The van der Waals surface area contributed by atoms with Gasteiger partial charge < -0.3 is 19.8 Å². The number of hydrogen-bond acceptors (Lipinski definition) is 6. The number of carbonyl (C=O) groups excluding carboxylic acids is 1. The van der Waals surface area contributed by atoms with E-state index < -0.39 is 5.92 Å². The first-order chi connectivity index (χ1) is 12.1. The molecule has 1 amide bonds. The van der Waals surface area contributed by atoms with E-state index in [-0.39, 0.29) is 17.9 Å². The molecule has 132 valence electrons.